The molecule has 0 atom stereocenters. The Morgan fingerprint density at radius 3 is 2.40 bits per heavy atom. The molecule has 1 rings (SSSR count). The van der Waals surface area contributed by atoms with Crippen LogP contribution in [-0.4, -0.2) is 31.7 Å². The third kappa shape index (κ3) is 4.31. The summed E-state index contributed by atoms with van der Waals surface area (Å²) in [5.74, 6) is 0. The molecule has 1 aliphatic heterocycles. The van der Waals surface area contributed by atoms with Crippen molar-refractivity contribution < 1.29 is 14.3 Å². The van der Waals surface area contributed by atoms with E-state index >= 15 is 0 Å². The lowest BCUT2D eigenvalue weighted by atomic mass is 10.0. The molecule has 0 amide bonds. The molecule has 15 heavy (non-hydrogen) atoms. The van der Waals surface area contributed by atoms with Gasteiger partial charge in [-0.3, -0.25) is 4.79 Å². The van der Waals surface area contributed by atoms with E-state index in [9.17, 15) is 4.79 Å². The number of hydrogen-bond donors (Lipinski definition) is 0. The van der Waals surface area contributed by atoms with E-state index in [2.05, 4.69) is 6.92 Å². The van der Waals surface area contributed by atoms with Crippen LogP contribution in [0.3, 0.4) is 0 Å². The average molecular weight is 214 g/mol. The number of carbonyl (C=O) groups is 1. The number of ether oxygens (including phenoxy) is 2. The smallest absolute Gasteiger partial charge is 0.169 e. The van der Waals surface area contributed by atoms with Crippen LogP contribution in [0.15, 0.2) is 0 Å². The van der Waals surface area contributed by atoms with E-state index in [1.54, 1.807) is 0 Å². The molecule has 0 aliphatic carbocycles. The summed E-state index contributed by atoms with van der Waals surface area (Å²) >= 11 is 0. The lowest BCUT2D eigenvalue weighted by Gasteiger charge is -2.36. The van der Waals surface area contributed by atoms with Gasteiger partial charge in [0.2, 0.25) is 0 Å². The highest BCUT2D eigenvalue weighted by atomic mass is 16.6. The van der Waals surface area contributed by atoms with Crippen molar-refractivity contribution in [2.75, 3.05) is 19.8 Å². The van der Waals surface area contributed by atoms with Gasteiger partial charge in [0, 0.05) is 6.61 Å². The van der Waals surface area contributed by atoms with E-state index in [4.69, 9.17) is 9.47 Å². The Hall–Kier alpha value is -0.410. The van der Waals surface area contributed by atoms with Gasteiger partial charge in [0.25, 0.3) is 0 Å². The largest absolute Gasteiger partial charge is 0.374 e. The van der Waals surface area contributed by atoms with Crippen LogP contribution in [0.1, 0.15) is 45.4 Å². The Morgan fingerprint density at radius 1 is 1.20 bits per heavy atom. The fourth-order valence-electron chi connectivity index (χ4n) is 1.65. The van der Waals surface area contributed by atoms with Crippen LogP contribution in [0.5, 0.6) is 0 Å². The van der Waals surface area contributed by atoms with Gasteiger partial charge in [-0.15, -0.1) is 0 Å². The number of aldehydes is 1. The lowest BCUT2D eigenvalue weighted by Crippen LogP contribution is -2.53. The van der Waals surface area contributed by atoms with E-state index in [0.29, 0.717) is 19.8 Å². The second kappa shape index (κ2) is 6.96. The summed E-state index contributed by atoms with van der Waals surface area (Å²) in [6, 6.07) is 0. The molecule has 0 unspecified atom stereocenters. The highest BCUT2D eigenvalue weighted by Gasteiger charge is 2.39. The van der Waals surface area contributed by atoms with Gasteiger partial charge >= 0.3 is 0 Å². The minimum atomic E-state index is -0.594. The molecule has 0 aromatic heterocycles. The Kier molecular flexibility index (Phi) is 5.88. The van der Waals surface area contributed by atoms with E-state index in [1.807, 2.05) is 0 Å². The number of carbonyl (C=O) groups excluding carboxylic acids is 1. The van der Waals surface area contributed by atoms with E-state index in [0.717, 1.165) is 12.7 Å². The molecule has 1 saturated heterocycles. The Bertz CT molecular complexity index is 176. The first kappa shape index (κ1) is 12.7. The normalized spacial score (nSPS) is 18.5. The van der Waals surface area contributed by atoms with Gasteiger partial charge in [-0.25, -0.2) is 0 Å². The molecular formula is C12H22O3. The lowest BCUT2D eigenvalue weighted by molar-refractivity contribution is -0.199. The highest BCUT2D eigenvalue weighted by Crippen LogP contribution is 2.19. The van der Waals surface area contributed by atoms with Crippen LogP contribution in [0.2, 0.25) is 0 Å². The highest BCUT2D eigenvalue weighted by molar-refractivity contribution is 5.64. The van der Waals surface area contributed by atoms with Crippen molar-refractivity contribution in [1.29, 1.82) is 0 Å². The predicted octanol–water partition coefficient (Wildman–Crippen LogP) is 2.33. The number of unbranched alkanes of at least 4 members (excludes halogenated alkanes) is 5. The zero-order valence-electron chi connectivity index (χ0n) is 9.67. The molecule has 0 bridgehead atoms. The minimum Gasteiger partial charge on any atom is -0.374 e. The second-order valence-electron chi connectivity index (χ2n) is 4.29. The van der Waals surface area contributed by atoms with E-state index in [1.165, 1.54) is 32.1 Å². The van der Waals surface area contributed by atoms with Crippen LogP contribution in [0, 0.1) is 0 Å². The molecule has 88 valence electrons. The molecule has 1 aliphatic rings. The van der Waals surface area contributed by atoms with Gasteiger partial charge in [-0.1, -0.05) is 39.0 Å². The van der Waals surface area contributed by atoms with Crippen LogP contribution in [0.4, 0.5) is 0 Å². The summed E-state index contributed by atoms with van der Waals surface area (Å²) in [5.41, 5.74) is -0.594. The number of hydrogen-bond acceptors (Lipinski definition) is 3. The summed E-state index contributed by atoms with van der Waals surface area (Å²) in [6.45, 7) is 3.78. The zero-order chi connectivity index (χ0) is 11.0. The second-order valence-corrected chi connectivity index (χ2v) is 4.29. The Labute approximate surface area is 92.1 Å². The molecule has 3 heteroatoms. The van der Waals surface area contributed by atoms with Gasteiger partial charge in [0.1, 0.15) is 0 Å². The maximum absolute atomic E-state index is 10.7. The molecule has 0 aromatic rings. The standard InChI is InChI=1S/C12H22O3/c1-2-3-4-5-6-7-8-15-12(9-13)10-14-11-12/h9H,2-8,10-11H2,1H3. The van der Waals surface area contributed by atoms with Crippen molar-refractivity contribution in [1.82, 2.24) is 0 Å². The van der Waals surface area contributed by atoms with Gasteiger partial charge in [-0.05, 0) is 6.42 Å². The number of rotatable bonds is 9. The first-order valence-corrected chi connectivity index (χ1v) is 6.01. The van der Waals surface area contributed by atoms with Crippen molar-refractivity contribution in [3.05, 3.63) is 0 Å². The van der Waals surface area contributed by atoms with Crippen molar-refractivity contribution in [2.45, 2.75) is 51.0 Å². The molecule has 1 heterocycles. The molecule has 1 fully saturated rings. The molecule has 0 radical (unpaired) electrons. The third-order valence-corrected chi connectivity index (χ3v) is 2.79. The SMILES string of the molecule is CCCCCCCCOC1(C=O)COC1. The van der Waals surface area contributed by atoms with Crippen LogP contribution < -0.4 is 0 Å². The Balaban J connectivity index is 1.90. The first-order chi connectivity index (χ1) is 7.33. The maximum Gasteiger partial charge on any atom is 0.169 e. The summed E-state index contributed by atoms with van der Waals surface area (Å²) in [4.78, 5) is 10.7. The topological polar surface area (TPSA) is 35.5 Å². The molecular weight excluding hydrogens is 192 g/mol. The van der Waals surface area contributed by atoms with Crippen LogP contribution in [-0.2, 0) is 14.3 Å². The molecule has 0 aromatic carbocycles. The van der Waals surface area contributed by atoms with Gasteiger partial charge in [0.15, 0.2) is 11.9 Å². The van der Waals surface area contributed by atoms with Crippen molar-refractivity contribution >= 4 is 6.29 Å². The maximum atomic E-state index is 10.7. The monoisotopic (exact) mass is 214 g/mol. The summed E-state index contributed by atoms with van der Waals surface area (Å²) in [5, 5.41) is 0. The van der Waals surface area contributed by atoms with Crippen LogP contribution in [0.25, 0.3) is 0 Å². The van der Waals surface area contributed by atoms with Crippen molar-refractivity contribution in [3.63, 3.8) is 0 Å². The quantitative estimate of drug-likeness (QED) is 0.436. The zero-order valence-corrected chi connectivity index (χ0v) is 9.67. The Morgan fingerprint density at radius 2 is 1.87 bits per heavy atom. The van der Waals surface area contributed by atoms with Crippen molar-refractivity contribution in [2.24, 2.45) is 0 Å². The fourth-order valence-corrected chi connectivity index (χ4v) is 1.65. The minimum absolute atomic E-state index is 0.437. The summed E-state index contributed by atoms with van der Waals surface area (Å²) < 4.78 is 10.5. The fraction of sp³-hybridized carbons (Fsp3) is 0.917. The van der Waals surface area contributed by atoms with Crippen molar-refractivity contribution in [3.8, 4) is 0 Å². The van der Waals surface area contributed by atoms with Gasteiger partial charge in [-0.2, -0.15) is 0 Å². The summed E-state index contributed by atoms with van der Waals surface area (Å²) in [7, 11) is 0. The van der Waals surface area contributed by atoms with Crippen LogP contribution >= 0.6 is 0 Å². The van der Waals surface area contributed by atoms with E-state index < -0.39 is 5.60 Å². The first-order valence-electron chi connectivity index (χ1n) is 6.01. The molecule has 0 saturated carbocycles. The summed E-state index contributed by atoms with van der Waals surface area (Å²) in [6.07, 6.45) is 8.35. The molecule has 0 spiro atoms. The van der Waals surface area contributed by atoms with E-state index in [-0.39, 0.29) is 0 Å². The third-order valence-electron chi connectivity index (χ3n) is 2.79. The average Bonchev–Trinajstić information content (AvgIpc) is 2.20. The molecule has 3 nitrogen and oxygen atoms in total. The van der Waals surface area contributed by atoms with Gasteiger partial charge in [0.05, 0.1) is 13.2 Å². The van der Waals surface area contributed by atoms with Gasteiger partial charge < -0.3 is 9.47 Å². The molecule has 0 N–H and O–H groups in total. The predicted molar refractivity (Wildman–Crippen MR) is 58.9 cm³/mol.